The highest BCUT2D eigenvalue weighted by Crippen LogP contribution is 2.34. The molecule has 18 heavy (non-hydrogen) atoms. The first-order chi connectivity index (χ1) is 8.65. The summed E-state index contributed by atoms with van der Waals surface area (Å²) < 4.78 is 10.9. The van der Waals surface area contributed by atoms with E-state index in [1.54, 1.807) is 13.2 Å². The number of benzene rings is 1. The Morgan fingerprint density at radius 3 is 2.89 bits per heavy atom. The van der Waals surface area contributed by atoms with Crippen LogP contribution < -0.4 is 10.5 Å². The molecule has 2 rings (SSSR count). The van der Waals surface area contributed by atoms with Crippen molar-refractivity contribution in [1.29, 1.82) is 0 Å². The van der Waals surface area contributed by atoms with Gasteiger partial charge in [-0.15, -0.1) is 0 Å². The number of hydrogen-bond acceptors (Lipinski definition) is 4. The van der Waals surface area contributed by atoms with E-state index in [1.165, 1.54) is 0 Å². The predicted molar refractivity (Wildman–Crippen MR) is 71.0 cm³/mol. The molecule has 4 nitrogen and oxygen atoms in total. The van der Waals surface area contributed by atoms with Crippen molar-refractivity contribution in [2.45, 2.75) is 13.3 Å². The quantitative estimate of drug-likeness (QED) is 0.924. The fourth-order valence-corrected chi connectivity index (χ4v) is 1.97. The Labute approximate surface area is 111 Å². The van der Waals surface area contributed by atoms with Gasteiger partial charge in [0.25, 0.3) is 0 Å². The van der Waals surface area contributed by atoms with Crippen molar-refractivity contribution in [2.24, 2.45) is 5.73 Å². The fourth-order valence-electron chi connectivity index (χ4n) is 1.80. The summed E-state index contributed by atoms with van der Waals surface area (Å²) >= 11 is 6.01. The number of halogens is 1. The lowest BCUT2D eigenvalue weighted by molar-refractivity contribution is 0.416. The topological polar surface area (TPSA) is 61.3 Å². The monoisotopic (exact) mass is 266 g/mol. The van der Waals surface area contributed by atoms with E-state index in [0.29, 0.717) is 23.9 Å². The molecule has 0 atom stereocenters. The van der Waals surface area contributed by atoms with Crippen molar-refractivity contribution >= 4 is 11.6 Å². The molecule has 0 bridgehead atoms. The zero-order valence-corrected chi connectivity index (χ0v) is 11.1. The molecule has 1 heterocycles. The van der Waals surface area contributed by atoms with Crippen LogP contribution in [0.3, 0.4) is 0 Å². The van der Waals surface area contributed by atoms with Gasteiger partial charge >= 0.3 is 0 Å². The minimum Gasteiger partial charge on any atom is -0.496 e. The molecule has 0 unspecified atom stereocenters. The van der Waals surface area contributed by atoms with Crippen molar-refractivity contribution in [3.8, 4) is 17.0 Å². The SMILES string of the molecule is COc1ccc(Cl)cc1-c1nc(CCN)oc1C. The van der Waals surface area contributed by atoms with E-state index in [1.807, 2.05) is 19.1 Å². The van der Waals surface area contributed by atoms with Crippen LogP contribution in [-0.2, 0) is 6.42 Å². The molecule has 0 aliphatic rings. The molecule has 0 aliphatic carbocycles. The smallest absolute Gasteiger partial charge is 0.196 e. The highest BCUT2D eigenvalue weighted by Gasteiger charge is 2.15. The molecular formula is C13H15ClN2O2. The van der Waals surface area contributed by atoms with E-state index in [4.69, 9.17) is 26.5 Å². The molecule has 0 spiro atoms. The maximum absolute atomic E-state index is 6.01. The number of aryl methyl sites for hydroxylation is 1. The number of rotatable bonds is 4. The van der Waals surface area contributed by atoms with Gasteiger partial charge in [-0.2, -0.15) is 0 Å². The summed E-state index contributed by atoms with van der Waals surface area (Å²) in [6, 6.07) is 5.41. The molecule has 0 saturated heterocycles. The summed E-state index contributed by atoms with van der Waals surface area (Å²) in [7, 11) is 1.61. The molecule has 0 fully saturated rings. The van der Waals surface area contributed by atoms with Gasteiger partial charge in [-0.1, -0.05) is 11.6 Å². The van der Waals surface area contributed by atoms with E-state index in [0.717, 1.165) is 22.8 Å². The lowest BCUT2D eigenvalue weighted by Crippen LogP contribution is -2.02. The molecule has 2 aromatic rings. The summed E-state index contributed by atoms with van der Waals surface area (Å²) in [6.07, 6.45) is 0.615. The minimum absolute atomic E-state index is 0.506. The van der Waals surface area contributed by atoms with Gasteiger partial charge in [-0.3, -0.25) is 0 Å². The van der Waals surface area contributed by atoms with Crippen molar-refractivity contribution in [3.63, 3.8) is 0 Å². The Bertz CT molecular complexity index is 552. The standard InChI is InChI=1S/C13H15ClN2O2/c1-8-13(16-12(18-8)5-6-15)10-7-9(14)3-4-11(10)17-2/h3-4,7H,5-6,15H2,1-2H3. The first-order valence-electron chi connectivity index (χ1n) is 5.66. The van der Waals surface area contributed by atoms with E-state index in [-0.39, 0.29) is 0 Å². The molecule has 1 aromatic heterocycles. The number of aromatic nitrogens is 1. The van der Waals surface area contributed by atoms with Crippen LogP contribution in [0.2, 0.25) is 5.02 Å². The van der Waals surface area contributed by atoms with Gasteiger partial charge in [0.05, 0.1) is 7.11 Å². The summed E-state index contributed by atoms with van der Waals surface area (Å²) in [5, 5.41) is 0.633. The summed E-state index contributed by atoms with van der Waals surface area (Å²) in [5.41, 5.74) is 7.07. The second-order valence-electron chi connectivity index (χ2n) is 3.90. The van der Waals surface area contributed by atoms with Crippen LogP contribution in [0.5, 0.6) is 5.75 Å². The normalized spacial score (nSPS) is 10.7. The second kappa shape index (κ2) is 5.42. The van der Waals surface area contributed by atoms with Gasteiger partial charge in [-0.25, -0.2) is 4.98 Å². The Balaban J connectivity index is 2.50. The molecule has 5 heteroatoms. The molecule has 0 amide bonds. The third-order valence-corrected chi connectivity index (χ3v) is 2.85. The molecule has 0 saturated carbocycles. The second-order valence-corrected chi connectivity index (χ2v) is 4.33. The Morgan fingerprint density at radius 2 is 2.22 bits per heavy atom. The van der Waals surface area contributed by atoms with Gasteiger partial charge in [0.2, 0.25) is 0 Å². The number of methoxy groups -OCH3 is 1. The highest BCUT2D eigenvalue weighted by molar-refractivity contribution is 6.30. The highest BCUT2D eigenvalue weighted by atomic mass is 35.5. The minimum atomic E-state index is 0.506. The van der Waals surface area contributed by atoms with Gasteiger partial charge < -0.3 is 14.9 Å². The molecule has 1 aromatic carbocycles. The van der Waals surface area contributed by atoms with Crippen LogP contribution in [0.4, 0.5) is 0 Å². The number of nitrogens with two attached hydrogens (primary N) is 1. The molecular weight excluding hydrogens is 252 g/mol. The lowest BCUT2D eigenvalue weighted by Gasteiger charge is -2.06. The summed E-state index contributed by atoms with van der Waals surface area (Å²) in [5.74, 6) is 2.08. The largest absolute Gasteiger partial charge is 0.496 e. The zero-order chi connectivity index (χ0) is 13.1. The van der Waals surface area contributed by atoms with E-state index in [2.05, 4.69) is 4.98 Å². The average Bonchev–Trinajstić information content (AvgIpc) is 2.70. The third-order valence-electron chi connectivity index (χ3n) is 2.62. The molecule has 96 valence electrons. The third kappa shape index (κ3) is 2.49. The zero-order valence-electron chi connectivity index (χ0n) is 10.4. The Hall–Kier alpha value is -1.52. The fraction of sp³-hybridized carbons (Fsp3) is 0.308. The molecule has 0 radical (unpaired) electrons. The van der Waals surface area contributed by atoms with Crippen LogP contribution in [0.15, 0.2) is 22.6 Å². The van der Waals surface area contributed by atoms with E-state index in [9.17, 15) is 0 Å². The maximum Gasteiger partial charge on any atom is 0.196 e. The van der Waals surface area contributed by atoms with E-state index < -0.39 is 0 Å². The number of nitrogens with zero attached hydrogens (tertiary/aromatic N) is 1. The molecule has 2 N–H and O–H groups in total. The van der Waals surface area contributed by atoms with E-state index >= 15 is 0 Å². The van der Waals surface area contributed by atoms with Crippen molar-refractivity contribution < 1.29 is 9.15 Å². The van der Waals surface area contributed by atoms with Gasteiger partial charge in [0, 0.05) is 23.6 Å². The maximum atomic E-state index is 6.01. The van der Waals surface area contributed by atoms with Crippen molar-refractivity contribution in [1.82, 2.24) is 4.98 Å². The Morgan fingerprint density at radius 1 is 1.44 bits per heavy atom. The molecule has 0 aliphatic heterocycles. The number of oxazole rings is 1. The van der Waals surface area contributed by atoms with Crippen LogP contribution in [0.1, 0.15) is 11.7 Å². The predicted octanol–water partition coefficient (Wildman–Crippen LogP) is 2.81. The van der Waals surface area contributed by atoms with Crippen LogP contribution in [0.25, 0.3) is 11.3 Å². The first kappa shape index (κ1) is 12.9. The van der Waals surface area contributed by atoms with Gasteiger partial charge in [0.15, 0.2) is 5.89 Å². The van der Waals surface area contributed by atoms with Crippen LogP contribution in [-0.4, -0.2) is 18.6 Å². The van der Waals surface area contributed by atoms with Crippen LogP contribution in [0, 0.1) is 6.92 Å². The number of ether oxygens (including phenoxy) is 1. The first-order valence-corrected chi connectivity index (χ1v) is 6.03. The van der Waals surface area contributed by atoms with Gasteiger partial charge in [-0.05, 0) is 25.1 Å². The average molecular weight is 267 g/mol. The Kier molecular flexibility index (Phi) is 3.89. The lowest BCUT2D eigenvalue weighted by atomic mass is 10.1. The van der Waals surface area contributed by atoms with Crippen LogP contribution >= 0.6 is 11.6 Å². The van der Waals surface area contributed by atoms with Crippen molar-refractivity contribution in [2.75, 3.05) is 13.7 Å². The van der Waals surface area contributed by atoms with Gasteiger partial charge in [0.1, 0.15) is 17.2 Å². The number of hydrogen-bond donors (Lipinski definition) is 1. The summed E-state index contributed by atoms with van der Waals surface area (Å²) in [6.45, 7) is 2.37. The summed E-state index contributed by atoms with van der Waals surface area (Å²) in [4.78, 5) is 4.43. The van der Waals surface area contributed by atoms with Crippen molar-refractivity contribution in [3.05, 3.63) is 34.9 Å².